The summed E-state index contributed by atoms with van der Waals surface area (Å²) in [5.74, 6) is 0.0707. The van der Waals surface area contributed by atoms with E-state index in [1.54, 1.807) is 25.1 Å². The van der Waals surface area contributed by atoms with Crippen LogP contribution in [0.25, 0.3) is 11.2 Å². The van der Waals surface area contributed by atoms with E-state index in [4.69, 9.17) is 23.2 Å². The molecule has 2 heterocycles. The predicted octanol–water partition coefficient (Wildman–Crippen LogP) is 4.70. The molecule has 28 heavy (non-hydrogen) atoms. The van der Waals surface area contributed by atoms with Gasteiger partial charge in [0.1, 0.15) is 10.7 Å². The summed E-state index contributed by atoms with van der Waals surface area (Å²) in [6.07, 6.45) is 2.98. The molecule has 1 atom stereocenters. The van der Waals surface area contributed by atoms with E-state index >= 15 is 0 Å². The van der Waals surface area contributed by atoms with Crippen LogP contribution >= 0.6 is 23.2 Å². The van der Waals surface area contributed by atoms with Crippen LogP contribution in [0.3, 0.4) is 0 Å². The molecule has 3 aromatic rings. The van der Waals surface area contributed by atoms with Crippen LogP contribution in [-0.2, 0) is 10.4 Å². The van der Waals surface area contributed by atoms with Gasteiger partial charge in [0.2, 0.25) is 11.9 Å². The van der Waals surface area contributed by atoms with Crippen molar-refractivity contribution in [2.24, 2.45) is 0 Å². The third kappa shape index (κ3) is 3.60. The molecule has 0 spiro atoms. The summed E-state index contributed by atoms with van der Waals surface area (Å²) in [6, 6.07) is 11.0. The first-order valence-corrected chi connectivity index (χ1v) is 9.92. The molecule has 0 aliphatic heterocycles. The Morgan fingerprint density at radius 2 is 2.00 bits per heavy atom. The van der Waals surface area contributed by atoms with Crippen LogP contribution < -0.4 is 5.32 Å². The van der Waals surface area contributed by atoms with Gasteiger partial charge in [-0.3, -0.25) is 14.7 Å². The number of benzene rings is 1. The van der Waals surface area contributed by atoms with Gasteiger partial charge in [-0.05, 0) is 37.8 Å². The number of nitrogens with zero attached hydrogens (tertiary/aromatic N) is 3. The molecule has 146 valence electrons. The standard InChI is InChI=1S/C20H20Cl2N4O2/c1-20(28,12-6-3-2-4-7-12)11-16(27)24-19-23-15-10-14(21)17(22)25-18(15)26(19)13-8-5-9-13/h2-4,6-7,10,13,28H,5,8-9,11H2,1H3,(H,23,24,27)/t20-/m1/s1. The first-order valence-electron chi connectivity index (χ1n) is 9.17. The lowest BCUT2D eigenvalue weighted by atomic mass is 9.92. The second-order valence-electron chi connectivity index (χ2n) is 7.36. The van der Waals surface area contributed by atoms with Crippen LogP contribution in [-0.4, -0.2) is 25.5 Å². The Hall–Kier alpha value is -2.15. The summed E-state index contributed by atoms with van der Waals surface area (Å²) in [7, 11) is 0. The van der Waals surface area contributed by atoms with Crippen molar-refractivity contribution >= 4 is 46.2 Å². The predicted molar refractivity (Wildman–Crippen MR) is 110 cm³/mol. The average Bonchev–Trinajstić information content (AvgIpc) is 2.91. The fourth-order valence-corrected chi connectivity index (χ4v) is 3.72. The first kappa shape index (κ1) is 19.2. The maximum Gasteiger partial charge on any atom is 0.229 e. The van der Waals surface area contributed by atoms with Crippen molar-refractivity contribution in [2.75, 3.05) is 5.32 Å². The number of imidazole rings is 1. The van der Waals surface area contributed by atoms with Gasteiger partial charge in [0.15, 0.2) is 5.65 Å². The number of halogens is 2. The second kappa shape index (κ2) is 7.35. The number of hydrogen-bond donors (Lipinski definition) is 2. The Morgan fingerprint density at radius 3 is 2.64 bits per heavy atom. The minimum absolute atomic E-state index is 0.0974. The SMILES string of the molecule is C[C@@](O)(CC(=O)Nc1nc2cc(Cl)c(Cl)nc2n1C1CCC1)c1ccccc1. The normalized spacial score (nSPS) is 16.6. The smallest absolute Gasteiger partial charge is 0.229 e. The fraction of sp³-hybridized carbons (Fsp3) is 0.350. The summed E-state index contributed by atoms with van der Waals surface area (Å²) in [5.41, 5.74) is 0.567. The maximum atomic E-state index is 12.7. The molecule has 4 rings (SSSR count). The van der Waals surface area contributed by atoms with Crippen LogP contribution in [0.1, 0.15) is 44.2 Å². The van der Waals surface area contributed by atoms with Crippen LogP contribution in [0.4, 0.5) is 5.95 Å². The molecule has 0 radical (unpaired) electrons. The topological polar surface area (TPSA) is 80.0 Å². The zero-order valence-corrected chi connectivity index (χ0v) is 16.8. The Kier molecular flexibility index (Phi) is 5.04. The number of carbonyl (C=O) groups excluding carboxylic acids is 1. The molecule has 1 aliphatic rings. The van der Waals surface area contributed by atoms with Gasteiger partial charge in [-0.25, -0.2) is 9.97 Å². The lowest BCUT2D eigenvalue weighted by Crippen LogP contribution is -2.30. The van der Waals surface area contributed by atoms with Gasteiger partial charge in [0, 0.05) is 6.04 Å². The summed E-state index contributed by atoms with van der Waals surface area (Å²) in [5, 5.41) is 14.1. The number of pyridine rings is 1. The second-order valence-corrected chi connectivity index (χ2v) is 8.12. The lowest BCUT2D eigenvalue weighted by molar-refractivity contribution is -0.120. The van der Waals surface area contributed by atoms with Crippen LogP contribution in [0, 0.1) is 0 Å². The molecular weight excluding hydrogens is 399 g/mol. The summed E-state index contributed by atoms with van der Waals surface area (Å²) in [4.78, 5) is 21.6. The lowest BCUT2D eigenvalue weighted by Gasteiger charge is -2.29. The number of aromatic nitrogens is 3. The molecule has 1 saturated carbocycles. The number of anilines is 1. The summed E-state index contributed by atoms with van der Waals surface area (Å²) in [6.45, 7) is 1.62. The molecule has 0 bridgehead atoms. The van der Waals surface area contributed by atoms with E-state index in [1.807, 2.05) is 22.8 Å². The third-order valence-electron chi connectivity index (χ3n) is 5.17. The molecule has 2 aromatic heterocycles. The van der Waals surface area contributed by atoms with Gasteiger partial charge >= 0.3 is 0 Å². The van der Waals surface area contributed by atoms with Crippen LogP contribution in [0.5, 0.6) is 0 Å². The Balaban J connectivity index is 1.63. The zero-order chi connectivity index (χ0) is 19.9. The van der Waals surface area contributed by atoms with Crippen molar-refractivity contribution in [3.05, 3.63) is 52.1 Å². The summed E-state index contributed by atoms with van der Waals surface area (Å²) >= 11 is 12.2. The van der Waals surface area contributed by atoms with E-state index in [0.29, 0.717) is 27.7 Å². The number of fused-ring (bicyclic) bond motifs is 1. The van der Waals surface area contributed by atoms with Crippen LogP contribution in [0.2, 0.25) is 10.2 Å². The highest BCUT2D eigenvalue weighted by Crippen LogP contribution is 2.38. The van der Waals surface area contributed by atoms with Gasteiger partial charge < -0.3 is 5.11 Å². The van der Waals surface area contributed by atoms with Crippen molar-refractivity contribution in [1.82, 2.24) is 14.5 Å². The Morgan fingerprint density at radius 1 is 1.29 bits per heavy atom. The summed E-state index contributed by atoms with van der Waals surface area (Å²) < 4.78 is 1.91. The fourth-order valence-electron chi connectivity index (χ4n) is 3.44. The quantitative estimate of drug-likeness (QED) is 0.588. The number of aliphatic hydroxyl groups is 1. The molecule has 8 heteroatoms. The Bertz CT molecular complexity index is 1030. The van der Waals surface area contributed by atoms with Crippen LogP contribution in [0.15, 0.2) is 36.4 Å². The first-order chi connectivity index (χ1) is 13.3. The van der Waals surface area contributed by atoms with Crippen molar-refractivity contribution in [2.45, 2.75) is 44.2 Å². The largest absolute Gasteiger partial charge is 0.385 e. The number of rotatable bonds is 5. The highest BCUT2D eigenvalue weighted by Gasteiger charge is 2.30. The van der Waals surface area contributed by atoms with E-state index in [1.165, 1.54) is 0 Å². The zero-order valence-electron chi connectivity index (χ0n) is 15.3. The number of nitrogens with one attached hydrogen (secondary N) is 1. The van der Waals surface area contributed by atoms with E-state index in [-0.39, 0.29) is 23.5 Å². The van der Waals surface area contributed by atoms with E-state index < -0.39 is 5.60 Å². The van der Waals surface area contributed by atoms with Crippen molar-refractivity contribution in [3.63, 3.8) is 0 Å². The van der Waals surface area contributed by atoms with E-state index in [9.17, 15) is 9.90 Å². The molecule has 0 saturated heterocycles. The molecule has 1 amide bonds. The molecule has 6 nitrogen and oxygen atoms in total. The van der Waals surface area contributed by atoms with Crippen molar-refractivity contribution < 1.29 is 9.90 Å². The van der Waals surface area contributed by atoms with Gasteiger partial charge in [-0.2, -0.15) is 0 Å². The molecular formula is C20H20Cl2N4O2. The third-order valence-corrected chi connectivity index (χ3v) is 5.84. The van der Waals surface area contributed by atoms with Gasteiger partial charge in [-0.1, -0.05) is 53.5 Å². The highest BCUT2D eigenvalue weighted by atomic mass is 35.5. The molecule has 1 aliphatic carbocycles. The number of amides is 1. The van der Waals surface area contributed by atoms with Crippen molar-refractivity contribution in [1.29, 1.82) is 0 Å². The van der Waals surface area contributed by atoms with E-state index in [0.717, 1.165) is 19.3 Å². The van der Waals surface area contributed by atoms with E-state index in [2.05, 4.69) is 15.3 Å². The maximum absolute atomic E-state index is 12.7. The molecule has 1 fully saturated rings. The minimum atomic E-state index is -1.29. The molecule has 2 N–H and O–H groups in total. The van der Waals surface area contributed by atoms with Gasteiger partial charge in [0.25, 0.3) is 0 Å². The molecule has 0 unspecified atom stereocenters. The van der Waals surface area contributed by atoms with Gasteiger partial charge in [-0.15, -0.1) is 0 Å². The highest BCUT2D eigenvalue weighted by molar-refractivity contribution is 6.41. The van der Waals surface area contributed by atoms with Crippen molar-refractivity contribution in [3.8, 4) is 0 Å². The monoisotopic (exact) mass is 418 g/mol. The minimum Gasteiger partial charge on any atom is -0.385 e. The Labute approximate surface area is 172 Å². The van der Waals surface area contributed by atoms with Gasteiger partial charge in [0.05, 0.1) is 17.0 Å². The molecule has 1 aromatic carbocycles. The number of hydrogen-bond acceptors (Lipinski definition) is 4. The number of carbonyl (C=O) groups is 1. The average molecular weight is 419 g/mol.